The summed E-state index contributed by atoms with van der Waals surface area (Å²) in [5.41, 5.74) is 7.01. The largest absolute Gasteiger partial charge is 0.329 e. The first-order valence-corrected chi connectivity index (χ1v) is 7.06. The van der Waals surface area contributed by atoms with Gasteiger partial charge in [-0.2, -0.15) is 11.8 Å². The first-order valence-electron chi connectivity index (χ1n) is 5.91. The van der Waals surface area contributed by atoms with Crippen LogP contribution < -0.4 is 5.73 Å². The molecule has 0 aliphatic carbocycles. The van der Waals surface area contributed by atoms with E-state index in [2.05, 4.69) is 42.2 Å². The van der Waals surface area contributed by atoms with Gasteiger partial charge in [0.25, 0.3) is 0 Å². The van der Waals surface area contributed by atoms with Crippen molar-refractivity contribution in [3.8, 4) is 0 Å². The number of thioether (sulfide) groups is 1. The third kappa shape index (κ3) is 5.54. The maximum Gasteiger partial charge on any atom is 0.0234 e. The zero-order valence-corrected chi connectivity index (χ0v) is 10.9. The lowest BCUT2D eigenvalue weighted by molar-refractivity contribution is 0.290. The second-order valence-corrected chi connectivity index (χ2v) is 5.14. The molecule has 90 valence electrons. The average molecular weight is 238 g/mol. The quantitative estimate of drug-likeness (QED) is 0.704. The molecule has 0 aliphatic rings. The highest BCUT2D eigenvalue weighted by Gasteiger charge is 2.04. The van der Waals surface area contributed by atoms with E-state index in [-0.39, 0.29) is 0 Å². The van der Waals surface area contributed by atoms with Gasteiger partial charge in [0, 0.05) is 31.9 Å². The molecule has 16 heavy (non-hydrogen) atoms. The van der Waals surface area contributed by atoms with Gasteiger partial charge in [0.1, 0.15) is 0 Å². The van der Waals surface area contributed by atoms with Crippen LogP contribution in [0.15, 0.2) is 30.3 Å². The summed E-state index contributed by atoms with van der Waals surface area (Å²) in [6.45, 7) is 6.07. The molecular formula is C13H22N2S. The number of hydrogen-bond acceptors (Lipinski definition) is 3. The Balaban J connectivity index is 2.38. The predicted octanol–water partition coefficient (Wildman–Crippen LogP) is 2.20. The highest BCUT2D eigenvalue weighted by Crippen LogP contribution is 2.06. The molecule has 0 heterocycles. The summed E-state index contributed by atoms with van der Waals surface area (Å²) in [7, 11) is 0. The van der Waals surface area contributed by atoms with Gasteiger partial charge in [-0.25, -0.2) is 0 Å². The summed E-state index contributed by atoms with van der Waals surface area (Å²) in [5, 5.41) is 0. The number of nitrogens with zero attached hydrogens (tertiary/aromatic N) is 1. The molecule has 0 aromatic heterocycles. The lowest BCUT2D eigenvalue weighted by Gasteiger charge is -2.21. The van der Waals surface area contributed by atoms with E-state index in [1.165, 1.54) is 17.1 Å². The van der Waals surface area contributed by atoms with Crippen LogP contribution in [0.3, 0.4) is 0 Å². The van der Waals surface area contributed by atoms with E-state index in [0.717, 1.165) is 26.2 Å². The van der Waals surface area contributed by atoms with Gasteiger partial charge in [-0.3, -0.25) is 4.90 Å². The van der Waals surface area contributed by atoms with E-state index < -0.39 is 0 Å². The molecule has 0 bridgehead atoms. The van der Waals surface area contributed by atoms with Gasteiger partial charge in [0.2, 0.25) is 0 Å². The van der Waals surface area contributed by atoms with Crippen molar-refractivity contribution < 1.29 is 0 Å². The fourth-order valence-corrected chi connectivity index (χ4v) is 2.31. The summed E-state index contributed by atoms with van der Waals surface area (Å²) in [5.74, 6) is 2.39. The molecule has 1 rings (SSSR count). The minimum absolute atomic E-state index is 0.740. The van der Waals surface area contributed by atoms with Gasteiger partial charge in [0.05, 0.1) is 0 Å². The molecule has 0 saturated carbocycles. The topological polar surface area (TPSA) is 29.3 Å². The summed E-state index contributed by atoms with van der Waals surface area (Å²) >= 11 is 1.99. The minimum atomic E-state index is 0.740. The van der Waals surface area contributed by atoms with Crippen molar-refractivity contribution in [2.75, 3.05) is 31.1 Å². The van der Waals surface area contributed by atoms with Gasteiger partial charge in [-0.15, -0.1) is 0 Å². The van der Waals surface area contributed by atoms with Crippen LogP contribution in [-0.2, 0) is 6.54 Å². The molecule has 1 aromatic carbocycles. The van der Waals surface area contributed by atoms with Crippen LogP contribution >= 0.6 is 11.8 Å². The molecule has 0 atom stereocenters. The van der Waals surface area contributed by atoms with E-state index in [1.807, 2.05) is 11.8 Å². The van der Waals surface area contributed by atoms with Crippen molar-refractivity contribution in [2.45, 2.75) is 13.5 Å². The van der Waals surface area contributed by atoms with E-state index in [1.54, 1.807) is 0 Å². The zero-order chi connectivity index (χ0) is 11.6. The second kappa shape index (κ2) is 8.62. The van der Waals surface area contributed by atoms with Gasteiger partial charge < -0.3 is 5.73 Å². The monoisotopic (exact) mass is 238 g/mol. The fourth-order valence-electron chi connectivity index (χ4n) is 1.63. The highest BCUT2D eigenvalue weighted by molar-refractivity contribution is 7.99. The van der Waals surface area contributed by atoms with Crippen molar-refractivity contribution in [2.24, 2.45) is 5.73 Å². The summed E-state index contributed by atoms with van der Waals surface area (Å²) in [4.78, 5) is 2.43. The molecular weight excluding hydrogens is 216 g/mol. The first-order chi connectivity index (χ1) is 7.86. The number of hydrogen-bond donors (Lipinski definition) is 1. The Morgan fingerprint density at radius 3 is 2.56 bits per heavy atom. The standard InChI is InChI=1S/C13H22N2S/c1-2-16-11-10-15(9-8-14)12-13-6-4-3-5-7-13/h3-7H,2,8-12,14H2,1H3. The molecule has 2 N–H and O–H groups in total. The highest BCUT2D eigenvalue weighted by atomic mass is 32.2. The Labute approximate surface area is 103 Å². The summed E-state index contributed by atoms with van der Waals surface area (Å²) in [6, 6.07) is 10.6. The van der Waals surface area contributed by atoms with Crippen molar-refractivity contribution >= 4 is 11.8 Å². The maximum atomic E-state index is 5.64. The Kier molecular flexibility index (Phi) is 7.30. The summed E-state index contributed by atoms with van der Waals surface area (Å²) < 4.78 is 0. The molecule has 2 nitrogen and oxygen atoms in total. The number of benzene rings is 1. The van der Waals surface area contributed by atoms with Gasteiger partial charge >= 0.3 is 0 Å². The molecule has 0 amide bonds. The molecule has 0 fully saturated rings. The van der Waals surface area contributed by atoms with E-state index in [4.69, 9.17) is 5.73 Å². The van der Waals surface area contributed by atoms with Gasteiger partial charge in [0.15, 0.2) is 0 Å². The van der Waals surface area contributed by atoms with Crippen molar-refractivity contribution in [3.05, 3.63) is 35.9 Å². The summed E-state index contributed by atoms with van der Waals surface area (Å²) in [6.07, 6.45) is 0. The first kappa shape index (κ1) is 13.6. The molecule has 0 unspecified atom stereocenters. The normalized spacial score (nSPS) is 10.9. The van der Waals surface area contributed by atoms with Gasteiger partial charge in [-0.1, -0.05) is 37.3 Å². The smallest absolute Gasteiger partial charge is 0.0234 e. The van der Waals surface area contributed by atoms with Crippen LogP contribution in [0.25, 0.3) is 0 Å². The molecule has 0 radical (unpaired) electrons. The Hall–Kier alpha value is -0.510. The minimum Gasteiger partial charge on any atom is -0.329 e. The Morgan fingerprint density at radius 1 is 1.19 bits per heavy atom. The lowest BCUT2D eigenvalue weighted by Crippen LogP contribution is -2.31. The molecule has 3 heteroatoms. The molecule has 0 aliphatic heterocycles. The van der Waals surface area contributed by atoms with E-state index >= 15 is 0 Å². The van der Waals surface area contributed by atoms with Crippen molar-refractivity contribution in [1.29, 1.82) is 0 Å². The SMILES string of the molecule is CCSCCN(CCN)Cc1ccccc1. The predicted molar refractivity (Wildman–Crippen MR) is 73.8 cm³/mol. The fraction of sp³-hybridized carbons (Fsp3) is 0.538. The van der Waals surface area contributed by atoms with E-state index in [9.17, 15) is 0 Å². The van der Waals surface area contributed by atoms with Crippen molar-refractivity contribution in [3.63, 3.8) is 0 Å². The average Bonchev–Trinajstić information content (AvgIpc) is 2.31. The number of nitrogens with two attached hydrogens (primary N) is 1. The molecule has 0 saturated heterocycles. The Bertz CT molecular complexity index is 264. The third-order valence-corrected chi connectivity index (χ3v) is 3.33. The van der Waals surface area contributed by atoms with E-state index in [0.29, 0.717) is 0 Å². The van der Waals surface area contributed by atoms with Crippen LogP contribution in [0.4, 0.5) is 0 Å². The Morgan fingerprint density at radius 2 is 1.94 bits per heavy atom. The zero-order valence-electron chi connectivity index (χ0n) is 10.1. The van der Waals surface area contributed by atoms with Crippen LogP contribution in [-0.4, -0.2) is 36.0 Å². The van der Waals surface area contributed by atoms with Crippen molar-refractivity contribution in [1.82, 2.24) is 4.90 Å². The van der Waals surface area contributed by atoms with Crippen LogP contribution in [0.2, 0.25) is 0 Å². The maximum absolute atomic E-state index is 5.64. The number of rotatable bonds is 8. The lowest BCUT2D eigenvalue weighted by atomic mass is 10.2. The van der Waals surface area contributed by atoms with Crippen LogP contribution in [0.1, 0.15) is 12.5 Å². The second-order valence-electron chi connectivity index (χ2n) is 3.75. The van der Waals surface area contributed by atoms with Crippen LogP contribution in [0, 0.1) is 0 Å². The molecule has 0 spiro atoms. The van der Waals surface area contributed by atoms with Crippen LogP contribution in [0.5, 0.6) is 0 Å². The third-order valence-electron chi connectivity index (χ3n) is 2.45. The van der Waals surface area contributed by atoms with Gasteiger partial charge in [-0.05, 0) is 11.3 Å². The molecule has 1 aromatic rings.